The number of rotatable bonds is 8. The summed E-state index contributed by atoms with van der Waals surface area (Å²) in [6.07, 6.45) is 0. The number of hydrogen-bond acceptors (Lipinski definition) is 2. The van der Waals surface area contributed by atoms with Crippen LogP contribution in [0.25, 0.3) is 0 Å². The fourth-order valence-electron chi connectivity index (χ4n) is 1.82. The van der Waals surface area contributed by atoms with Crippen LogP contribution in [0.5, 0.6) is 0 Å². The zero-order valence-corrected chi connectivity index (χ0v) is 15.1. The molecule has 0 saturated heterocycles. The summed E-state index contributed by atoms with van der Waals surface area (Å²) in [5, 5.41) is 0.699. The molecule has 0 amide bonds. The van der Waals surface area contributed by atoms with Gasteiger partial charge in [0, 0.05) is 3.58 Å². The van der Waals surface area contributed by atoms with Gasteiger partial charge >= 0.3 is 0 Å². The molecule has 0 aliphatic rings. The van der Waals surface area contributed by atoms with Crippen LogP contribution >= 0.6 is 34.2 Å². The van der Waals surface area contributed by atoms with E-state index in [0.29, 0.717) is 31.5 Å². The normalized spacial score (nSPS) is 12.1. The first-order valence-electron chi connectivity index (χ1n) is 7.02. The second-order valence-electron chi connectivity index (χ2n) is 4.77. The predicted octanol–water partition coefficient (Wildman–Crippen LogP) is 5.31. The minimum atomic E-state index is 0.406. The van der Waals surface area contributed by atoms with Crippen molar-refractivity contribution < 1.29 is 9.47 Å². The molecular formula is C18H18ClIO2. The average Bonchev–Trinajstić information content (AvgIpc) is 2.56. The van der Waals surface area contributed by atoms with E-state index in [1.54, 1.807) is 0 Å². The lowest BCUT2D eigenvalue weighted by molar-refractivity contribution is 0.138. The van der Waals surface area contributed by atoms with Crippen LogP contribution in [0.1, 0.15) is 11.1 Å². The SMILES string of the molecule is Cl/C(COCc1ccccc1)=C(/I)COCc1ccccc1. The molecule has 0 spiro atoms. The van der Waals surface area contributed by atoms with Crippen molar-refractivity contribution in [1.29, 1.82) is 0 Å². The third kappa shape index (κ3) is 6.48. The molecule has 0 N–H and O–H groups in total. The third-order valence-electron chi connectivity index (χ3n) is 2.98. The Morgan fingerprint density at radius 3 is 1.73 bits per heavy atom. The summed E-state index contributed by atoms with van der Waals surface area (Å²) in [5.74, 6) is 0. The van der Waals surface area contributed by atoms with Gasteiger partial charge in [-0.1, -0.05) is 72.3 Å². The van der Waals surface area contributed by atoms with Crippen molar-refractivity contribution in [2.24, 2.45) is 0 Å². The van der Waals surface area contributed by atoms with E-state index in [0.717, 1.165) is 14.7 Å². The zero-order valence-electron chi connectivity index (χ0n) is 12.2. The largest absolute Gasteiger partial charge is 0.372 e. The van der Waals surface area contributed by atoms with Gasteiger partial charge in [0.2, 0.25) is 0 Å². The molecule has 2 aromatic rings. The van der Waals surface area contributed by atoms with E-state index >= 15 is 0 Å². The van der Waals surface area contributed by atoms with Crippen LogP contribution in [-0.2, 0) is 22.7 Å². The number of benzene rings is 2. The molecule has 0 atom stereocenters. The van der Waals surface area contributed by atoms with Crippen molar-refractivity contribution in [2.75, 3.05) is 13.2 Å². The van der Waals surface area contributed by atoms with Crippen LogP contribution in [0.3, 0.4) is 0 Å². The Morgan fingerprint density at radius 2 is 1.23 bits per heavy atom. The molecule has 116 valence electrons. The van der Waals surface area contributed by atoms with E-state index in [4.69, 9.17) is 21.1 Å². The molecule has 2 rings (SSSR count). The van der Waals surface area contributed by atoms with Gasteiger partial charge in [-0.2, -0.15) is 0 Å². The molecule has 0 heterocycles. The summed E-state index contributed by atoms with van der Waals surface area (Å²) < 4.78 is 12.3. The monoisotopic (exact) mass is 428 g/mol. The van der Waals surface area contributed by atoms with Gasteiger partial charge < -0.3 is 9.47 Å². The second-order valence-corrected chi connectivity index (χ2v) is 6.53. The first-order chi connectivity index (χ1) is 10.8. The smallest absolute Gasteiger partial charge is 0.0835 e. The topological polar surface area (TPSA) is 18.5 Å². The Morgan fingerprint density at radius 1 is 0.773 bits per heavy atom. The van der Waals surface area contributed by atoms with E-state index in [-0.39, 0.29) is 0 Å². The highest BCUT2D eigenvalue weighted by Crippen LogP contribution is 2.18. The summed E-state index contributed by atoms with van der Waals surface area (Å²) in [6, 6.07) is 20.1. The Bertz CT molecular complexity index is 531. The van der Waals surface area contributed by atoms with E-state index in [1.807, 2.05) is 60.7 Å². The van der Waals surface area contributed by atoms with Crippen LogP contribution in [-0.4, -0.2) is 13.2 Å². The first kappa shape index (κ1) is 17.5. The van der Waals surface area contributed by atoms with Gasteiger partial charge in [-0.05, 0) is 33.7 Å². The standard InChI is InChI=1S/C18H18ClIO2/c19-17(13-21-11-15-7-3-1-4-8-15)18(20)14-22-12-16-9-5-2-6-10-16/h1-10H,11-14H2/b18-17+. The van der Waals surface area contributed by atoms with Gasteiger partial charge in [0.15, 0.2) is 0 Å². The molecule has 0 bridgehead atoms. The van der Waals surface area contributed by atoms with Crippen LogP contribution in [0, 0.1) is 0 Å². The molecule has 2 aromatic carbocycles. The molecule has 4 heteroatoms. The minimum absolute atomic E-state index is 0.406. The van der Waals surface area contributed by atoms with Crippen molar-refractivity contribution >= 4 is 34.2 Å². The van der Waals surface area contributed by atoms with Gasteiger partial charge in [0.25, 0.3) is 0 Å². The van der Waals surface area contributed by atoms with Crippen LogP contribution < -0.4 is 0 Å². The van der Waals surface area contributed by atoms with Crippen molar-refractivity contribution in [2.45, 2.75) is 13.2 Å². The maximum absolute atomic E-state index is 6.25. The fourth-order valence-corrected chi connectivity index (χ4v) is 2.33. The van der Waals surface area contributed by atoms with Crippen molar-refractivity contribution in [3.8, 4) is 0 Å². The molecule has 0 unspecified atom stereocenters. The van der Waals surface area contributed by atoms with Gasteiger partial charge in [-0.15, -0.1) is 0 Å². The lowest BCUT2D eigenvalue weighted by Crippen LogP contribution is -2.01. The summed E-state index contributed by atoms with van der Waals surface area (Å²) in [7, 11) is 0. The Labute approximate surface area is 150 Å². The molecule has 0 aliphatic heterocycles. The van der Waals surface area contributed by atoms with Gasteiger partial charge in [-0.25, -0.2) is 0 Å². The fraction of sp³-hybridized carbons (Fsp3) is 0.222. The highest BCUT2D eigenvalue weighted by atomic mass is 127. The molecular weight excluding hydrogens is 411 g/mol. The molecule has 0 aromatic heterocycles. The quantitative estimate of drug-likeness (QED) is 0.531. The summed E-state index contributed by atoms with van der Waals surface area (Å²) >= 11 is 8.45. The molecule has 0 fully saturated rings. The number of halogens is 2. The van der Waals surface area contributed by atoms with Crippen molar-refractivity contribution in [3.05, 3.63) is 80.4 Å². The van der Waals surface area contributed by atoms with Crippen molar-refractivity contribution in [3.63, 3.8) is 0 Å². The van der Waals surface area contributed by atoms with E-state index < -0.39 is 0 Å². The summed E-state index contributed by atoms with van der Waals surface area (Å²) in [5.41, 5.74) is 2.30. The number of ether oxygens (including phenoxy) is 2. The van der Waals surface area contributed by atoms with E-state index in [9.17, 15) is 0 Å². The lowest BCUT2D eigenvalue weighted by Gasteiger charge is -2.08. The Hall–Kier alpha value is -0.880. The summed E-state index contributed by atoms with van der Waals surface area (Å²) in [4.78, 5) is 0. The Balaban J connectivity index is 1.70. The molecule has 0 radical (unpaired) electrons. The van der Waals surface area contributed by atoms with Crippen molar-refractivity contribution in [1.82, 2.24) is 0 Å². The minimum Gasteiger partial charge on any atom is -0.372 e. The molecule has 0 saturated carbocycles. The van der Waals surface area contributed by atoms with Crippen LogP contribution in [0.2, 0.25) is 0 Å². The average molecular weight is 429 g/mol. The Kier molecular flexibility index (Phi) is 7.94. The maximum Gasteiger partial charge on any atom is 0.0835 e. The third-order valence-corrected chi connectivity index (χ3v) is 4.59. The summed E-state index contributed by atoms with van der Waals surface area (Å²) in [6.45, 7) is 2.06. The first-order valence-corrected chi connectivity index (χ1v) is 8.47. The van der Waals surface area contributed by atoms with E-state index in [2.05, 4.69) is 22.6 Å². The van der Waals surface area contributed by atoms with E-state index in [1.165, 1.54) is 0 Å². The molecule has 22 heavy (non-hydrogen) atoms. The second kappa shape index (κ2) is 10.0. The maximum atomic E-state index is 6.25. The highest BCUT2D eigenvalue weighted by molar-refractivity contribution is 14.1. The number of hydrogen-bond donors (Lipinski definition) is 0. The van der Waals surface area contributed by atoms with Crippen LogP contribution in [0.15, 0.2) is 69.3 Å². The van der Waals surface area contributed by atoms with Gasteiger partial charge in [0.1, 0.15) is 0 Å². The van der Waals surface area contributed by atoms with Crippen LogP contribution in [0.4, 0.5) is 0 Å². The predicted molar refractivity (Wildman–Crippen MR) is 99.1 cm³/mol. The zero-order chi connectivity index (χ0) is 15.6. The lowest BCUT2D eigenvalue weighted by atomic mass is 10.2. The molecule has 0 aliphatic carbocycles. The van der Waals surface area contributed by atoms with Gasteiger partial charge in [0.05, 0.1) is 31.5 Å². The highest BCUT2D eigenvalue weighted by Gasteiger charge is 2.03. The van der Waals surface area contributed by atoms with Gasteiger partial charge in [-0.3, -0.25) is 0 Å². The molecule has 2 nitrogen and oxygen atoms in total.